The van der Waals surface area contributed by atoms with Gasteiger partial charge in [0.25, 0.3) is 0 Å². The molecule has 22 heavy (non-hydrogen) atoms. The fourth-order valence-electron chi connectivity index (χ4n) is 2.53. The molecule has 0 aliphatic carbocycles. The van der Waals surface area contributed by atoms with E-state index in [0.717, 1.165) is 12.1 Å². The average Bonchev–Trinajstić information content (AvgIpc) is 2.80. The van der Waals surface area contributed by atoms with Crippen LogP contribution in [-0.2, 0) is 10.9 Å². The summed E-state index contributed by atoms with van der Waals surface area (Å²) in [6, 6.07) is 8.62. The monoisotopic (exact) mass is 307 g/mol. The van der Waals surface area contributed by atoms with Gasteiger partial charge in [-0.3, -0.25) is 0 Å². The van der Waals surface area contributed by atoms with Crippen LogP contribution in [-0.4, -0.2) is 17.0 Å². The molecule has 0 spiro atoms. The van der Waals surface area contributed by atoms with Gasteiger partial charge in [-0.1, -0.05) is 12.1 Å². The fourth-order valence-corrected chi connectivity index (χ4v) is 2.53. The van der Waals surface area contributed by atoms with E-state index in [1.165, 1.54) is 6.07 Å². The lowest BCUT2D eigenvalue weighted by Gasteiger charge is -2.07. The van der Waals surface area contributed by atoms with E-state index in [9.17, 15) is 18.0 Å². The van der Waals surface area contributed by atoms with E-state index in [2.05, 4.69) is 0 Å². The molecule has 3 aromatic rings. The summed E-state index contributed by atoms with van der Waals surface area (Å²) in [6.45, 7) is 1.80. The second-order valence-corrected chi connectivity index (χ2v) is 4.78. The van der Waals surface area contributed by atoms with E-state index >= 15 is 0 Å². The molecule has 3 rings (SSSR count). The molecule has 0 atom stereocenters. The molecule has 2 aromatic heterocycles. The molecule has 0 fully saturated rings. The highest BCUT2D eigenvalue weighted by molar-refractivity contribution is 6.10. The van der Waals surface area contributed by atoms with E-state index in [-0.39, 0.29) is 17.7 Å². The molecule has 2 heterocycles. The molecule has 114 valence electrons. The Kier molecular flexibility index (Phi) is 3.31. The van der Waals surface area contributed by atoms with Gasteiger partial charge in [-0.2, -0.15) is 13.2 Å². The third kappa shape index (κ3) is 2.20. The highest BCUT2D eigenvalue weighted by Gasteiger charge is 2.31. The molecule has 0 bridgehead atoms. The number of aromatic nitrogens is 1. The van der Waals surface area contributed by atoms with E-state index < -0.39 is 17.7 Å². The molecular weight excluding hydrogens is 295 g/mol. The Labute approximate surface area is 123 Å². The van der Waals surface area contributed by atoms with Gasteiger partial charge in [-0.25, -0.2) is 4.79 Å². The summed E-state index contributed by atoms with van der Waals surface area (Å²) in [5, 5.41) is 0.816. The van der Waals surface area contributed by atoms with Crippen LogP contribution in [0.5, 0.6) is 0 Å². The van der Waals surface area contributed by atoms with E-state index in [0.29, 0.717) is 10.9 Å². The number of hydrogen-bond acceptors (Lipinski definition) is 2. The number of alkyl halides is 3. The zero-order valence-corrected chi connectivity index (χ0v) is 11.6. The predicted molar refractivity (Wildman–Crippen MR) is 75.9 cm³/mol. The Bertz CT molecular complexity index is 865. The third-order valence-electron chi connectivity index (χ3n) is 3.45. The van der Waals surface area contributed by atoms with Crippen LogP contribution in [0.2, 0.25) is 0 Å². The van der Waals surface area contributed by atoms with E-state index in [4.69, 9.17) is 4.74 Å². The molecule has 1 aromatic carbocycles. The molecule has 0 amide bonds. The minimum atomic E-state index is -4.46. The average molecular weight is 307 g/mol. The van der Waals surface area contributed by atoms with Crippen molar-refractivity contribution in [1.29, 1.82) is 0 Å². The Morgan fingerprint density at radius 3 is 2.64 bits per heavy atom. The summed E-state index contributed by atoms with van der Waals surface area (Å²) in [5.41, 5.74) is -0.0192. The van der Waals surface area contributed by atoms with Crippen molar-refractivity contribution in [1.82, 2.24) is 4.40 Å². The Morgan fingerprint density at radius 1 is 1.18 bits per heavy atom. The SMILES string of the molecule is CCOC(=O)c1c2cc(C(F)(F)F)ccc2c2ccccn12. The first-order chi connectivity index (χ1) is 10.4. The normalized spacial score (nSPS) is 12.0. The number of rotatable bonds is 2. The summed E-state index contributed by atoms with van der Waals surface area (Å²) in [4.78, 5) is 12.2. The standard InChI is InChI=1S/C16H12F3NO2/c1-2-22-15(21)14-12-9-10(16(17,18)19)6-7-11(12)13-5-3-4-8-20(13)14/h3-9H,2H2,1H3. The number of pyridine rings is 1. The molecule has 3 nitrogen and oxygen atoms in total. The van der Waals surface area contributed by atoms with Gasteiger partial charge in [0.15, 0.2) is 0 Å². The maximum absolute atomic E-state index is 12.9. The van der Waals surface area contributed by atoms with Crippen molar-refractivity contribution in [2.45, 2.75) is 13.1 Å². The van der Waals surface area contributed by atoms with Crippen molar-refractivity contribution in [2.75, 3.05) is 6.61 Å². The Hall–Kier alpha value is -2.50. The quantitative estimate of drug-likeness (QED) is 0.661. The fraction of sp³-hybridized carbons (Fsp3) is 0.188. The summed E-state index contributed by atoms with van der Waals surface area (Å²) in [6.07, 6.45) is -2.83. The van der Waals surface area contributed by atoms with Crippen LogP contribution in [0.25, 0.3) is 16.3 Å². The second-order valence-electron chi connectivity index (χ2n) is 4.78. The number of benzene rings is 1. The lowest BCUT2D eigenvalue weighted by atomic mass is 10.1. The molecule has 0 aliphatic heterocycles. The Morgan fingerprint density at radius 2 is 1.95 bits per heavy atom. The van der Waals surface area contributed by atoms with Gasteiger partial charge in [-0.05, 0) is 31.2 Å². The Balaban J connectivity index is 2.38. The van der Waals surface area contributed by atoms with Crippen LogP contribution in [0.15, 0.2) is 42.6 Å². The number of nitrogens with zero attached hydrogens (tertiary/aromatic N) is 1. The first-order valence-electron chi connectivity index (χ1n) is 6.70. The van der Waals surface area contributed by atoms with Crippen molar-refractivity contribution >= 4 is 22.3 Å². The number of halogens is 3. The van der Waals surface area contributed by atoms with Crippen LogP contribution in [0.4, 0.5) is 13.2 Å². The molecule has 0 unspecified atom stereocenters. The van der Waals surface area contributed by atoms with Gasteiger partial charge >= 0.3 is 12.1 Å². The molecule has 0 N–H and O–H groups in total. The number of carbonyl (C=O) groups is 1. The summed E-state index contributed by atoms with van der Waals surface area (Å²) >= 11 is 0. The second kappa shape index (κ2) is 5.05. The zero-order chi connectivity index (χ0) is 15.9. The van der Waals surface area contributed by atoms with Crippen molar-refractivity contribution in [2.24, 2.45) is 0 Å². The predicted octanol–water partition coefficient (Wildman–Crippen LogP) is 4.29. The topological polar surface area (TPSA) is 30.7 Å². The molecule has 0 saturated carbocycles. The summed E-state index contributed by atoms with van der Waals surface area (Å²) in [5.74, 6) is -0.641. The van der Waals surface area contributed by atoms with Crippen LogP contribution >= 0.6 is 0 Å². The van der Waals surface area contributed by atoms with Crippen molar-refractivity contribution in [3.8, 4) is 0 Å². The molecule has 0 aliphatic rings. The molecule has 0 saturated heterocycles. The van der Waals surface area contributed by atoms with Gasteiger partial charge in [-0.15, -0.1) is 0 Å². The van der Waals surface area contributed by atoms with Crippen molar-refractivity contribution in [3.05, 3.63) is 53.9 Å². The van der Waals surface area contributed by atoms with Gasteiger partial charge in [0.2, 0.25) is 0 Å². The maximum atomic E-state index is 12.9. The maximum Gasteiger partial charge on any atom is 0.416 e. The van der Waals surface area contributed by atoms with E-state index in [1.807, 2.05) is 0 Å². The minimum Gasteiger partial charge on any atom is -0.461 e. The largest absolute Gasteiger partial charge is 0.461 e. The zero-order valence-electron chi connectivity index (χ0n) is 11.6. The smallest absolute Gasteiger partial charge is 0.416 e. The number of carbonyl (C=O) groups excluding carboxylic acids is 1. The van der Waals surface area contributed by atoms with Gasteiger partial charge in [0, 0.05) is 17.0 Å². The molecular formula is C16H12F3NO2. The number of ether oxygens (including phenoxy) is 1. The van der Waals surface area contributed by atoms with Crippen LogP contribution in [0.3, 0.4) is 0 Å². The first-order valence-corrected chi connectivity index (χ1v) is 6.70. The van der Waals surface area contributed by atoms with E-state index in [1.54, 1.807) is 35.7 Å². The van der Waals surface area contributed by atoms with Crippen LogP contribution in [0.1, 0.15) is 23.0 Å². The highest BCUT2D eigenvalue weighted by atomic mass is 19.4. The van der Waals surface area contributed by atoms with Gasteiger partial charge in [0.05, 0.1) is 17.7 Å². The minimum absolute atomic E-state index is 0.110. The molecule has 0 radical (unpaired) electrons. The number of hydrogen-bond donors (Lipinski definition) is 0. The molecule has 6 heteroatoms. The van der Waals surface area contributed by atoms with Crippen molar-refractivity contribution in [3.63, 3.8) is 0 Å². The van der Waals surface area contributed by atoms with Gasteiger partial charge < -0.3 is 9.14 Å². The lowest BCUT2D eigenvalue weighted by Crippen LogP contribution is -2.09. The van der Waals surface area contributed by atoms with Crippen LogP contribution in [0, 0.1) is 0 Å². The first kappa shape index (κ1) is 14.4. The summed E-state index contributed by atoms with van der Waals surface area (Å²) < 4.78 is 45.3. The van der Waals surface area contributed by atoms with Crippen LogP contribution < -0.4 is 0 Å². The highest BCUT2D eigenvalue weighted by Crippen LogP contribution is 2.35. The number of fused-ring (bicyclic) bond motifs is 3. The van der Waals surface area contributed by atoms with Gasteiger partial charge in [0.1, 0.15) is 5.69 Å². The lowest BCUT2D eigenvalue weighted by molar-refractivity contribution is -0.137. The third-order valence-corrected chi connectivity index (χ3v) is 3.45. The van der Waals surface area contributed by atoms with Crippen molar-refractivity contribution < 1.29 is 22.7 Å². The summed E-state index contributed by atoms with van der Waals surface area (Å²) in [7, 11) is 0. The number of esters is 1.